The van der Waals surface area contributed by atoms with E-state index in [9.17, 15) is 14.9 Å². The van der Waals surface area contributed by atoms with E-state index in [2.05, 4.69) is 10.6 Å². The molecule has 1 aromatic carbocycles. The molecule has 2 rings (SSSR count). The third-order valence-electron chi connectivity index (χ3n) is 2.93. The number of hydrogen-bond acceptors (Lipinski definition) is 4. The Bertz CT molecular complexity index is 498. The van der Waals surface area contributed by atoms with Gasteiger partial charge in [0.15, 0.2) is 0 Å². The Balaban J connectivity index is 2.20. The van der Waals surface area contributed by atoms with E-state index in [0.717, 1.165) is 19.3 Å². The molecule has 0 bridgehead atoms. The Hall–Kier alpha value is -2.11. The first kappa shape index (κ1) is 13.3. The lowest BCUT2D eigenvalue weighted by Crippen LogP contribution is -2.25. The second kappa shape index (κ2) is 5.69. The van der Waals surface area contributed by atoms with Crippen LogP contribution in [0, 0.1) is 10.1 Å². The second-order valence-electron chi connectivity index (χ2n) is 4.66. The summed E-state index contributed by atoms with van der Waals surface area (Å²) < 4.78 is 0. The van der Waals surface area contributed by atoms with E-state index in [1.165, 1.54) is 12.1 Å². The van der Waals surface area contributed by atoms with Crippen molar-refractivity contribution in [1.29, 1.82) is 0 Å². The summed E-state index contributed by atoms with van der Waals surface area (Å²) in [6, 6.07) is 4.69. The molecule has 1 aromatic rings. The smallest absolute Gasteiger partial charge is 0.292 e. The summed E-state index contributed by atoms with van der Waals surface area (Å²) in [6.07, 6.45) is 2.88. The van der Waals surface area contributed by atoms with Gasteiger partial charge in [0.2, 0.25) is 0 Å². The number of nitro groups is 1. The van der Waals surface area contributed by atoms with Crippen LogP contribution in [0.2, 0.25) is 0 Å². The summed E-state index contributed by atoms with van der Waals surface area (Å²) in [5, 5.41) is 16.8. The van der Waals surface area contributed by atoms with Gasteiger partial charge in [0.1, 0.15) is 5.69 Å². The van der Waals surface area contributed by atoms with Crippen LogP contribution < -0.4 is 10.6 Å². The summed E-state index contributed by atoms with van der Waals surface area (Å²) in [6.45, 7) is 2.61. The standard InChI is InChI=1S/C13H17N3O3/c1-2-7-14-11-8-9(3-6-12(11)16(18)19)13(17)15-10-4-5-10/h3,6,8,10,14H,2,4-5,7H2,1H3,(H,15,17). The Morgan fingerprint density at radius 1 is 1.47 bits per heavy atom. The van der Waals surface area contributed by atoms with Crippen LogP contribution in [-0.4, -0.2) is 23.4 Å². The number of benzene rings is 1. The molecule has 1 fully saturated rings. The van der Waals surface area contributed by atoms with Crippen molar-refractivity contribution in [3.05, 3.63) is 33.9 Å². The highest BCUT2D eigenvalue weighted by Gasteiger charge is 2.24. The lowest BCUT2D eigenvalue weighted by Gasteiger charge is -2.08. The van der Waals surface area contributed by atoms with Crippen molar-refractivity contribution in [3.8, 4) is 0 Å². The molecule has 0 aromatic heterocycles. The van der Waals surface area contributed by atoms with Crippen LogP contribution in [0.15, 0.2) is 18.2 Å². The number of rotatable bonds is 6. The van der Waals surface area contributed by atoms with E-state index < -0.39 is 4.92 Å². The first-order valence-electron chi connectivity index (χ1n) is 6.45. The molecule has 0 radical (unpaired) electrons. The molecule has 1 aliphatic carbocycles. The number of nitrogens with one attached hydrogen (secondary N) is 2. The van der Waals surface area contributed by atoms with Crippen molar-refractivity contribution in [2.24, 2.45) is 0 Å². The minimum atomic E-state index is -0.444. The predicted molar refractivity (Wildman–Crippen MR) is 72.4 cm³/mol. The summed E-state index contributed by atoms with van der Waals surface area (Å²) in [7, 11) is 0. The largest absolute Gasteiger partial charge is 0.379 e. The Labute approximate surface area is 111 Å². The summed E-state index contributed by atoms with van der Waals surface area (Å²) in [5.41, 5.74) is 0.850. The van der Waals surface area contributed by atoms with Crippen LogP contribution >= 0.6 is 0 Å². The molecule has 0 saturated heterocycles. The third kappa shape index (κ3) is 3.43. The van der Waals surface area contributed by atoms with E-state index in [4.69, 9.17) is 0 Å². The van der Waals surface area contributed by atoms with E-state index in [1.54, 1.807) is 6.07 Å². The van der Waals surface area contributed by atoms with Gasteiger partial charge in [-0.25, -0.2) is 0 Å². The normalized spacial score (nSPS) is 13.9. The van der Waals surface area contributed by atoms with Gasteiger partial charge in [0.25, 0.3) is 11.6 Å². The maximum absolute atomic E-state index is 11.9. The van der Waals surface area contributed by atoms with E-state index in [0.29, 0.717) is 17.8 Å². The molecule has 1 saturated carbocycles. The molecule has 6 nitrogen and oxygen atoms in total. The molecule has 2 N–H and O–H groups in total. The van der Waals surface area contributed by atoms with Crippen LogP contribution in [0.3, 0.4) is 0 Å². The second-order valence-corrected chi connectivity index (χ2v) is 4.66. The molecule has 6 heteroatoms. The Kier molecular flexibility index (Phi) is 3.99. The molecule has 19 heavy (non-hydrogen) atoms. The van der Waals surface area contributed by atoms with Crippen LogP contribution in [0.1, 0.15) is 36.5 Å². The fourth-order valence-electron chi connectivity index (χ4n) is 1.73. The van der Waals surface area contributed by atoms with Crippen LogP contribution in [0.25, 0.3) is 0 Å². The number of carbonyl (C=O) groups excluding carboxylic acids is 1. The first-order chi connectivity index (χ1) is 9.11. The fourth-order valence-corrected chi connectivity index (χ4v) is 1.73. The van der Waals surface area contributed by atoms with Crippen LogP contribution in [-0.2, 0) is 0 Å². The minimum Gasteiger partial charge on any atom is -0.379 e. The molecule has 1 aliphatic rings. The van der Waals surface area contributed by atoms with Crippen molar-refractivity contribution in [1.82, 2.24) is 5.32 Å². The zero-order valence-corrected chi connectivity index (χ0v) is 10.8. The molecular weight excluding hydrogens is 246 g/mol. The number of nitrogens with zero attached hydrogens (tertiary/aromatic N) is 1. The number of carbonyl (C=O) groups is 1. The monoisotopic (exact) mass is 263 g/mol. The van der Waals surface area contributed by atoms with Gasteiger partial charge in [0, 0.05) is 24.2 Å². The highest BCUT2D eigenvalue weighted by atomic mass is 16.6. The molecule has 102 valence electrons. The predicted octanol–water partition coefficient (Wildman–Crippen LogP) is 2.31. The summed E-state index contributed by atoms with van der Waals surface area (Å²) >= 11 is 0. The average molecular weight is 263 g/mol. The van der Waals surface area contributed by atoms with Gasteiger partial charge in [0.05, 0.1) is 4.92 Å². The average Bonchev–Trinajstić information content (AvgIpc) is 3.19. The van der Waals surface area contributed by atoms with Gasteiger partial charge in [-0.05, 0) is 31.4 Å². The lowest BCUT2D eigenvalue weighted by molar-refractivity contribution is -0.384. The molecule has 0 atom stereocenters. The van der Waals surface area contributed by atoms with Crippen molar-refractivity contribution in [2.75, 3.05) is 11.9 Å². The van der Waals surface area contributed by atoms with Gasteiger partial charge in [-0.15, -0.1) is 0 Å². The highest BCUT2D eigenvalue weighted by molar-refractivity contribution is 5.96. The van der Waals surface area contributed by atoms with Crippen molar-refractivity contribution >= 4 is 17.3 Å². The van der Waals surface area contributed by atoms with E-state index >= 15 is 0 Å². The quantitative estimate of drug-likeness (QED) is 0.609. The molecule has 0 unspecified atom stereocenters. The third-order valence-corrected chi connectivity index (χ3v) is 2.93. The van der Waals surface area contributed by atoms with Crippen LogP contribution in [0.5, 0.6) is 0 Å². The Morgan fingerprint density at radius 3 is 2.79 bits per heavy atom. The molecular formula is C13H17N3O3. The zero-order valence-electron chi connectivity index (χ0n) is 10.8. The van der Waals surface area contributed by atoms with Crippen LogP contribution in [0.4, 0.5) is 11.4 Å². The molecule has 0 heterocycles. The van der Waals surface area contributed by atoms with Crippen molar-refractivity contribution < 1.29 is 9.72 Å². The van der Waals surface area contributed by atoms with Gasteiger partial charge in [-0.3, -0.25) is 14.9 Å². The maximum Gasteiger partial charge on any atom is 0.292 e. The molecule has 1 amide bonds. The van der Waals surface area contributed by atoms with Crippen molar-refractivity contribution in [3.63, 3.8) is 0 Å². The summed E-state index contributed by atoms with van der Waals surface area (Å²) in [4.78, 5) is 22.4. The molecule has 0 aliphatic heterocycles. The lowest BCUT2D eigenvalue weighted by atomic mass is 10.1. The van der Waals surface area contributed by atoms with Crippen molar-refractivity contribution in [2.45, 2.75) is 32.2 Å². The fraction of sp³-hybridized carbons (Fsp3) is 0.462. The Morgan fingerprint density at radius 2 is 2.21 bits per heavy atom. The first-order valence-corrected chi connectivity index (χ1v) is 6.45. The SMILES string of the molecule is CCCNc1cc(C(=O)NC2CC2)ccc1[N+](=O)[O-]. The van der Waals surface area contributed by atoms with Gasteiger partial charge in [-0.2, -0.15) is 0 Å². The highest BCUT2D eigenvalue weighted by Crippen LogP contribution is 2.26. The van der Waals surface area contributed by atoms with Gasteiger partial charge < -0.3 is 10.6 Å². The summed E-state index contributed by atoms with van der Waals surface area (Å²) in [5.74, 6) is -0.169. The topological polar surface area (TPSA) is 84.3 Å². The number of hydrogen-bond donors (Lipinski definition) is 2. The van der Waals surface area contributed by atoms with E-state index in [1.807, 2.05) is 6.92 Å². The van der Waals surface area contributed by atoms with Gasteiger partial charge >= 0.3 is 0 Å². The minimum absolute atomic E-state index is 0.00331. The number of anilines is 1. The number of amides is 1. The number of nitro benzene ring substituents is 1. The van der Waals surface area contributed by atoms with Gasteiger partial charge in [-0.1, -0.05) is 6.92 Å². The van der Waals surface area contributed by atoms with E-state index in [-0.39, 0.29) is 17.6 Å². The maximum atomic E-state index is 11.9. The molecule has 0 spiro atoms. The zero-order chi connectivity index (χ0) is 13.8.